The van der Waals surface area contributed by atoms with Gasteiger partial charge in [-0.3, -0.25) is 14.4 Å². The molecule has 1 N–H and O–H groups in total. The molecule has 0 aromatic heterocycles. The van der Waals surface area contributed by atoms with Gasteiger partial charge in [0.1, 0.15) is 17.2 Å². The summed E-state index contributed by atoms with van der Waals surface area (Å²) >= 11 is 12.3. The summed E-state index contributed by atoms with van der Waals surface area (Å²) in [6, 6.07) is 9.85. The Morgan fingerprint density at radius 3 is 2.00 bits per heavy atom. The standard InChI is InChI=1S/C27H23Cl2NO7S/c28-15-7-10-17(11-8-15)38(35,36)37-23-12-9-16(29)13-18(23)25-26-19(3-1-5-21(26)31)30(14-24(33)34)20-4-2-6-22(32)27(20)25/h7-13,25H,1-6,14H2,(H,33,34). The van der Waals surface area contributed by atoms with Crippen molar-refractivity contribution >= 4 is 50.9 Å². The maximum Gasteiger partial charge on any atom is 0.339 e. The molecule has 8 nitrogen and oxygen atoms in total. The van der Waals surface area contributed by atoms with Gasteiger partial charge in [-0.15, -0.1) is 0 Å². The van der Waals surface area contributed by atoms with E-state index in [0.717, 1.165) is 0 Å². The molecule has 3 aliphatic rings. The van der Waals surface area contributed by atoms with Gasteiger partial charge in [0.05, 0.1) is 0 Å². The third-order valence-electron chi connectivity index (χ3n) is 6.96. The molecule has 0 saturated carbocycles. The molecule has 198 valence electrons. The summed E-state index contributed by atoms with van der Waals surface area (Å²) in [4.78, 5) is 40.0. The van der Waals surface area contributed by atoms with Gasteiger partial charge in [0, 0.05) is 56.9 Å². The average molecular weight is 576 g/mol. The van der Waals surface area contributed by atoms with E-state index in [9.17, 15) is 27.9 Å². The van der Waals surface area contributed by atoms with Gasteiger partial charge in [-0.2, -0.15) is 8.42 Å². The number of carbonyl (C=O) groups excluding carboxylic acids is 2. The molecular weight excluding hydrogens is 553 g/mol. The predicted octanol–water partition coefficient (Wildman–Crippen LogP) is 5.26. The molecule has 2 aromatic carbocycles. The zero-order chi connectivity index (χ0) is 27.2. The van der Waals surface area contributed by atoms with Gasteiger partial charge in [-0.05, 0) is 68.1 Å². The Labute approximate surface area is 229 Å². The van der Waals surface area contributed by atoms with Gasteiger partial charge in [0.2, 0.25) is 0 Å². The number of benzene rings is 2. The topological polar surface area (TPSA) is 118 Å². The summed E-state index contributed by atoms with van der Waals surface area (Å²) in [5.74, 6) is -2.53. The molecule has 1 heterocycles. The number of carbonyl (C=O) groups is 3. The summed E-state index contributed by atoms with van der Waals surface area (Å²) < 4.78 is 31.9. The first-order valence-corrected chi connectivity index (χ1v) is 14.2. The Morgan fingerprint density at radius 2 is 1.45 bits per heavy atom. The molecule has 0 spiro atoms. The van der Waals surface area contributed by atoms with Crippen molar-refractivity contribution in [2.45, 2.75) is 49.3 Å². The van der Waals surface area contributed by atoms with Crippen LogP contribution in [0.15, 0.2) is 69.9 Å². The zero-order valence-corrected chi connectivity index (χ0v) is 22.4. The van der Waals surface area contributed by atoms with E-state index in [4.69, 9.17) is 27.4 Å². The van der Waals surface area contributed by atoms with Crippen molar-refractivity contribution in [2.75, 3.05) is 6.54 Å². The number of Topliss-reactive ketones (excluding diaryl/α,β-unsaturated/α-hetero) is 2. The zero-order valence-electron chi connectivity index (χ0n) is 20.1. The lowest BCUT2D eigenvalue weighted by Gasteiger charge is -2.43. The number of aliphatic carboxylic acids is 1. The lowest BCUT2D eigenvalue weighted by Crippen LogP contribution is -2.41. The first-order chi connectivity index (χ1) is 18.1. The number of carboxylic acids is 1. The average Bonchev–Trinajstić information content (AvgIpc) is 2.86. The van der Waals surface area contributed by atoms with Crippen LogP contribution in [0.2, 0.25) is 10.0 Å². The first kappa shape index (κ1) is 26.5. The summed E-state index contributed by atoms with van der Waals surface area (Å²) in [6.45, 7) is -0.380. The second-order valence-corrected chi connectivity index (χ2v) is 11.8. The smallest absolute Gasteiger partial charge is 0.339 e. The summed E-state index contributed by atoms with van der Waals surface area (Å²) in [6.07, 6.45) is 2.45. The maximum atomic E-state index is 13.4. The minimum atomic E-state index is -4.31. The van der Waals surface area contributed by atoms with Crippen molar-refractivity contribution in [1.82, 2.24) is 4.90 Å². The number of nitrogens with zero attached hydrogens (tertiary/aromatic N) is 1. The van der Waals surface area contributed by atoms with Crippen LogP contribution >= 0.6 is 23.2 Å². The number of halogens is 2. The van der Waals surface area contributed by atoms with E-state index in [0.29, 0.717) is 53.2 Å². The quantitative estimate of drug-likeness (QED) is 0.463. The van der Waals surface area contributed by atoms with Crippen molar-refractivity contribution in [3.05, 3.63) is 80.6 Å². The fraction of sp³-hybridized carbons (Fsp3) is 0.296. The minimum Gasteiger partial charge on any atom is -0.480 e. The molecule has 0 bridgehead atoms. The van der Waals surface area contributed by atoms with E-state index in [1.54, 1.807) is 4.90 Å². The summed E-state index contributed by atoms with van der Waals surface area (Å²) in [7, 11) is -4.31. The highest BCUT2D eigenvalue weighted by Crippen LogP contribution is 2.51. The van der Waals surface area contributed by atoms with Gasteiger partial charge in [-0.25, -0.2) is 0 Å². The van der Waals surface area contributed by atoms with Crippen molar-refractivity contribution in [3.63, 3.8) is 0 Å². The molecule has 2 aliphatic carbocycles. The minimum absolute atomic E-state index is 0.0727. The monoisotopic (exact) mass is 575 g/mol. The molecular formula is C27H23Cl2NO7S. The summed E-state index contributed by atoms with van der Waals surface area (Å²) in [5, 5.41) is 10.2. The van der Waals surface area contributed by atoms with Crippen LogP contribution < -0.4 is 4.18 Å². The number of rotatable bonds is 6. The van der Waals surface area contributed by atoms with Crippen LogP contribution in [0.5, 0.6) is 5.75 Å². The van der Waals surface area contributed by atoms with Crippen molar-refractivity contribution in [2.24, 2.45) is 0 Å². The molecule has 0 unspecified atom stereocenters. The van der Waals surface area contributed by atoms with Gasteiger partial charge in [-0.1, -0.05) is 23.2 Å². The van der Waals surface area contributed by atoms with E-state index in [1.165, 1.54) is 42.5 Å². The van der Waals surface area contributed by atoms with E-state index in [1.807, 2.05) is 0 Å². The molecule has 0 saturated heterocycles. The molecule has 5 rings (SSSR count). The SMILES string of the molecule is O=C(O)CN1C2=C(C(=O)CCC2)C(c2cc(Cl)ccc2OS(=O)(=O)c2ccc(Cl)cc2)C2=C1CCCC2=O. The molecule has 0 radical (unpaired) electrons. The third kappa shape index (κ3) is 4.86. The fourth-order valence-electron chi connectivity index (χ4n) is 5.44. The number of allylic oxidation sites excluding steroid dienone is 4. The number of hydrogen-bond donors (Lipinski definition) is 1. The molecule has 38 heavy (non-hydrogen) atoms. The number of ketones is 2. The second kappa shape index (κ2) is 10.2. The molecule has 0 atom stereocenters. The summed E-state index contributed by atoms with van der Waals surface area (Å²) in [5.41, 5.74) is 1.95. The van der Waals surface area contributed by atoms with Gasteiger partial charge < -0.3 is 14.2 Å². The Kier molecular flexibility index (Phi) is 7.11. The third-order valence-corrected chi connectivity index (χ3v) is 8.70. The van der Waals surface area contributed by atoms with Crippen LogP contribution in [0, 0.1) is 0 Å². The van der Waals surface area contributed by atoms with Crippen LogP contribution in [0.1, 0.15) is 50.0 Å². The van der Waals surface area contributed by atoms with E-state index in [2.05, 4.69) is 0 Å². The lowest BCUT2D eigenvalue weighted by molar-refractivity contribution is -0.138. The van der Waals surface area contributed by atoms with Gasteiger partial charge >= 0.3 is 16.1 Å². The van der Waals surface area contributed by atoms with Crippen molar-refractivity contribution in [3.8, 4) is 5.75 Å². The van der Waals surface area contributed by atoms with E-state index >= 15 is 0 Å². The predicted molar refractivity (Wildman–Crippen MR) is 140 cm³/mol. The van der Waals surface area contributed by atoms with Crippen LogP contribution in [0.4, 0.5) is 0 Å². The molecule has 0 amide bonds. The number of carboxylic acid groups (broad SMARTS) is 1. The molecule has 2 aromatic rings. The van der Waals surface area contributed by atoms with Gasteiger partial charge in [0.15, 0.2) is 11.6 Å². The van der Waals surface area contributed by atoms with Gasteiger partial charge in [0.25, 0.3) is 0 Å². The highest BCUT2D eigenvalue weighted by molar-refractivity contribution is 7.87. The molecule has 1 aliphatic heterocycles. The lowest BCUT2D eigenvalue weighted by atomic mass is 9.70. The van der Waals surface area contributed by atoms with E-state index < -0.39 is 22.0 Å². The van der Waals surface area contributed by atoms with E-state index in [-0.39, 0.29) is 52.2 Å². The molecule has 0 fully saturated rings. The maximum absolute atomic E-state index is 13.4. The van der Waals surface area contributed by atoms with Crippen molar-refractivity contribution in [1.29, 1.82) is 0 Å². The second-order valence-electron chi connectivity index (χ2n) is 9.36. The number of hydrogen-bond acceptors (Lipinski definition) is 7. The first-order valence-electron chi connectivity index (χ1n) is 12.1. The van der Waals surface area contributed by atoms with Crippen LogP contribution in [-0.4, -0.2) is 42.5 Å². The fourth-order valence-corrected chi connectivity index (χ4v) is 6.70. The Bertz CT molecular complexity index is 1480. The highest BCUT2D eigenvalue weighted by atomic mass is 35.5. The largest absolute Gasteiger partial charge is 0.480 e. The van der Waals surface area contributed by atoms with Crippen LogP contribution in [-0.2, 0) is 24.5 Å². The van der Waals surface area contributed by atoms with Crippen molar-refractivity contribution < 1.29 is 32.1 Å². The van der Waals surface area contributed by atoms with Crippen LogP contribution in [0.25, 0.3) is 0 Å². The Balaban J connectivity index is 1.71. The molecule has 11 heteroatoms. The Morgan fingerprint density at radius 1 is 0.895 bits per heavy atom. The normalized spacial score (nSPS) is 18.4. The van der Waals surface area contributed by atoms with Crippen LogP contribution in [0.3, 0.4) is 0 Å². The Hall–Kier alpha value is -3.14. The highest BCUT2D eigenvalue weighted by Gasteiger charge is 2.45.